The highest BCUT2D eigenvalue weighted by Crippen LogP contribution is 2.14. The molecule has 3 amide bonds. The van der Waals surface area contributed by atoms with E-state index in [0.29, 0.717) is 6.61 Å². The van der Waals surface area contributed by atoms with E-state index in [1.165, 1.54) is 7.11 Å². The van der Waals surface area contributed by atoms with Crippen molar-refractivity contribution in [2.24, 2.45) is 0 Å². The first-order chi connectivity index (χ1) is 9.52. The highest BCUT2D eigenvalue weighted by Gasteiger charge is 2.09. The molecule has 0 unspecified atom stereocenters. The van der Waals surface area contributed by atoms with Crippen molar-refractivity contribution in [2.45, 2.75) is 0 Å². The maximum Gasteiger partial charge on any atom is 0.321 e. The molecule has 0 aliphatic heterocycles. The van der Waals surface area contributed by atoms with Crippen molar-refractivity contribution in [1.82, 2.24) is 10.6 Å². The lowest BCUT2D eigenvalue weighted by molar-refractivity contribution is -0.118. The van der Waals surface area contributed by atoms with Crippen LogP contribution in [0.15, 0.2) is 18.2 Å². The van der Waals surface area contributed by atoms with Crippen LogP contribution in [0.4, 0.5) is 19.3 Å². The molecule has 0 saturated heterocycles. The van der Waals surface area contributed by atoms with Crippen LogP contribution >= 0.6 is 0 Å². The van der Waals surface area contributed by atoms with Crippen LogP contribution in [0.25, 0.3) is 0 Å². The van der Waals surface area contributed by atoms with Crippen LogP contribution in [0.3, 0.4) is 0 Å². The SMILES string of the molecule is COCCNC(=O)NC(=O)CNc1cc(F)ccc1F. The molecule has 20 heavy (non-hydrogen) atoms. The fourth-order valence-electron chi connectivity index (χ4n) is 1.29. The van der Waals surface area contributed by atoms with Gasteiger partial charge in [0.05, 0.1) is 18.8 Å². The minimum atomic E-state index is -0.691. The van der Waals surface area contributed by atoms with E-state index in [1.807, 2.05) is 5.32 Å². The van der Waals surface area contributed by atoms with E-state index in [9.17, 15) is 18.4 Å². The highest BCUT2D eigenvalue weighted by molar-refractivity contribution is 5.96. The Kier molecular flexibility index (Phi) is 6.38. The molecule has 6 nitrogen and oxygen atoms in total. The van der Waals surface area contributed by atoms with E-state index >= 15 is 0 Å². The van der Waals surface area contributed by atoms with Crippen molar-refractivity contribution in [1.29, 1.82) is 0 Å². The molecule has 1 aromatic rings. The first kappa shape index (κ1) is 15.8. The minimum absolute atomic E-state index is 0.153. The molecule has 0 heterocycles. The number of hydrogen-bond donors (Lipinski definition) is 3. The van der Waals surface area contributed by atoms with E-state index < -0.39 is 23.6 Å². The van der Waals surface area contributed by atoms with Crippen LogP contribution in [-0.2, 0) is 9.53 Å². The monoisotopic (exact) mass is 287 g/mol. The van der Waals surface area contributed by atoms with E-state index in [-0.39, 0.29) is 18.8 Å². The first-order valence-corrected chi connectivity index (χ1v) is 5.78. The maximum absolute atomic E-state index is 13.2. The van der Waals surface area contributed by atoms with Gasteiger partial charge < -0.3 is 15.4 Å². The van der Waals surface area contributed by atoms with E-state index in [4.69, 9.17) is 4.74 Å². The number of carbonyl (C=O) groups is 2. The van der Waals surface area contributed by atoms with Gasteiger partial charge in [0, 0.05) is 13.7 Å². The number of ether oxygens (including phenoxy) is 1. The van der Waals surface area contributed by atoms with Gasteiger partial charge in [-0.2, -0.15) is 0 Å². The second kappa shape index (κ2) is 8.05. The molecule has 0 atom stereocenters. The van der Waals surface area contributed by atoms with Crippen LogP contribution in [-0.4, -0.2) is 38.7 Å². The van der Waals surface area contributed by atoms with Crippen LogP contribution in [0.2, 0.25) is 0 Å². The van der Waals surface area contributed by atoms with Gasteiger partial charge in [-0.3, -0.25) is 10.1 Å². The van der Waals surface area contributed by atoms with Gasteiger partial charge in [-0.1, -0.05) is 0 Å². The zero-order valence-corrected chi connectivity index (χ0v) is 10.8. The number of methoxy groups -OCH3 is 1. The lowest BCUT2D eigenvalue weighted by Crippen LogP contribution is -2.43. The zero-order valence-electron chi connectivity index (χ0n) is 10.8. The lowest BCUT2D eigenvalue weighted by atomic mass is 10.3. The quantitative estimate of drug-likeness (QED) is 0.678. The second-order valence-electron chi connectivity index (χ2n) is 3.77. The molecule has 0 spiro atoms. The van der Waals surface area contributed by atoms with E-state index in [0.717, 1.165) is 18.2 Å². The number of benzene rings is 1. The Morgan fingerprint density at radius 3 is 2.75 bits per heavy atom. The summed E-state index contributed by atoms with van der Waals surface area (Å²) in [5.41, 5.74) is -0.153. The second-order valence-corrected chi connectivity index (χ2v) is 3.77. The maximum atomic E-state index is 13.2. The fourth-order valence-corrected chi connectivity index (χ4v) is 1.29. The summed E-state index contributed by atoms with van der Waals surface area (Å²) >= 11 is 0. The molecule has 0 aliphatic rings. The smallest absolute Gasteiger partial charge is 0.321 e. The van der Waals surface area contributed by atoms with Crippen LogP contribution in [0.1, 0.15) is 0 Å². The largest absolute Gasteiger partial charge is 0.383 e. The van der Waals surface area contributed by atoms with Gasteiger partial charge in [0.15, 0.2) is 0 Å². The summed E-state index contributed by atoms with van der Waals surface area (Å²) in [7, 11) is 1.47. The predicted molar refractivity (Wildman–Crippen MR) is 68.3 cm³/mol. The molecule has 0 bridgehead atoms. The van der Waals surface area contributed by atoms with Gasteiger partial charge in [0.2, 0.25) is 5.91 Å². The molecule has 110 valence electrons. The van der Waals surface area contributed by atoms with Crippen LogP contribution < -0.4 is 16.0 Å². The van der Waals surface area contributed by atoms with Gasteiger partial charge in [-0.05, 0) is 18.2 Å². The number of halogens is 2. The summed E-state index contributed by atoms with van der Waals surface area (Å²) in [6.45, 7) is 0.202. The van der Waals surface area contributed by atoms with Crippen molar-refractivity contribution >= 4 is 17.6 Å². The van der Waals surface area contributed by atoms with Gasteiger partial charge >= 0.3 is 6.03 Å². The summed E-state index contributed by atoms with van der Waals surface area (Å²) in [6, 6.07) is 2.13. The third-order valence-electron chi connectivity index (χ3n) is 2.21. The number of anilines is 1. The third kappa shape index (κ3) is 5.61. The van der Waals surface area contributed by atoms with Gasteiger partial charge in [-0.15, -0.1) is 0 Å². The van der Waals surface area contributed by atoms with Gasteiger partial charge in [0.1, 0.15) is 11.6 Å². The molecule has 0 aromatic heterocycles. The number of carbonyl (C=O) groups excluding carboxylic acids is 2. The zero-order chi connectivity index (χ0) is 15.0. The molecule has 0 aliphatic carbocycles. The fraction of sp³-hybridized carbons (Fsp3) is 0.333. The Hall–Kier alpha value is -2.22. The molecule has 0 saturated carbocycles. The Morgan fingerprint density at radius 1 is 1.30 bits per heavy atom. The average molecular weight is 287 g/mol. The molecule has 0 fully saturated rings. The number of hydrogen-bond acceptors (Lipinski definition) is 4. The summed E-state index contributed by atoms with van der Waals surface area (Å²) in [6.07, 6.45) is 0. The third-order valence-corrected chi connectivity index (χ3v) is 2.21. The first-order valence-electron chi connectivity index (χ1n) is 5.78. The van der Waals surface area contributed by atoms with Crippen molar-refractivity contribution in [3.05, 3.63) is 29.8 Å². The summed E-state index contributed by atoms with van der Waals surface area (Å²) in [5.74, 6) is -2.00. The normalized spacial score (nSPS) is 9.95. The Bertz CT molecular complexity index is 483. The number of amides is 3. The van der Waals surface area contributed by atoms with Gasteiger partial charge in [-0.25, -0.2) is 13.6 Å². The Balaban J connectivity index is 2.36. The molecule has 3 N–H and O–H groups in total. The van der Waals surface area contributed by atoms with Crippen molar-refractivity contribution in [3.63, 3.8) is 0 Å². The van der Waals surface area contributed by atoms with Crippen LogP contribution in [0, 0.1) is 11.6 Å². The highest BCUT2D eigenvalue weighted by atomic mass is 19.1. The molecule has 0 radical (unpaired) electrons. The lowest BCUT2D eigenvalue weighted by Gasteiger charge is -2.08. The minimum Gasteiger partial charge on any atom is -0.383 e. The van der Waals surface area contributed by atoms with E-state index in [2.05, 4.69) is 10.6 Å². The van der Waals surface area contributed by atoms with E-state index in [1.54, 1.807) is 0 Å². The molecule has 1 aromatic carbocycles. The molecular formula is C12H15F2N3O3. The number of nitrogens with one attached hydrogen (secondary N) is 3. The van der Waals surface area contributed by atoms with Crippen molar-refractivity contribution < 1.29 is 23.1 Å². The predicted octanol–water partition coefficient (Wildman–Crippen LogP) is 0.849. The summed E-state index contributed by atoms with van der Waals surface area (Å²) in [5, 5.41) is 6.79. The van der Waals surface area contributed by atoms with Crippen LogP contribution in [0.5, 0.6) is 0 Å². The average Bonchev–Trinajstić information content (AvgIpc) is 2.40. The number of imide groups is 1. The number of urea groups is 1. The molecule has 8 heteroatoms. The van der Waals surface area contributed by atoms with Gasteiger partial charge in [0.25, 0.3) is 0 Å². The van der Waals surface area contributed by atoms with Crippen molar-refractivity contribution in [2.75, 3.05) is 32.1 Å². The molecular weight excluding hydrogens is 272 g/mol. The standard InChI is InChI=1S/C12H15F2N3O3/c1-20-5-4-15-12(19)17-11(18)7-16-10-6-8(13)2-3-9(10)14/h2-3,6,16H,4-5,7H2,1H3,(H2,15,17,18,19). The summed E-state index contributed by atoms with van der Waals surface area (Å²) < 4.78 is 30.8. The molecule has 1 rings (SSSR count). The van der Waals surface area contributed by atoms with Crippen molar-refractivity contribution in [3.8, 4) is 0 Å². The topological polar surface area (TPSA) is 79.5 Å². The Morgan fingerprint density at radius 2 is 2.05 bits per heavy atom. The number of rotatable bonds is 6. The summed E-state index contributed by atoms with van der Waals surface area (Å²) in [4.78, 5) is 22.6. The Labute approximate surface area is 114 Å².